The molecular weight excluding hydrogens is 339 g/mol. The SMILES string of the molecule is O=C(Nc1cnn(C[C@H]2CCCO2)c1)c1cc(-c2cccc(F)c2)no1. The fourth-order valence-electron chi connectivity index (χ4n) is 2.88. The van der Waals surface area contributed by atoms with Crippen LogP contribution in [-0.4, -0.2) is 33.6 Å². The van der Waals surface area contributed by atoms with E-state index in [1.54, 1.807) is 29.2 Å². The van der Waals surface area contributed by atoms with Crippen LogP contribution in [0.5, 0.6) is 0 Å². The van der Waals surface area contributed by atoms with Crippen molar-refractivity contribution in [2.24, 2.45) is 0 Å². The molecule has 0 aliphatic carbocycles. The Morgan fingerprint density at radius 2 is 2.31 bits per heavy atom. The van der Waals surface area contributed by atoms with E-state index in [0.29, 0.717) is 23.5 Å². The summed E-state index contributed by atoms with van der Waals surface area (Å²) < 4.78 is 25.7. The van der Waals surface area contributed by atoms with Gasteiger partial charge in [-0.25, -0.2) is 4.39 Å². The van der Waals surface area contributed by atoms with Gasteiger partial charge in [0.2, 0.25) is 5.76 Å². The minimum absolute atomic E-state index is 0.0381. The van der Waals surface area contributed by atoms with Crippen LogP contribution in [0.3, 0.4) is 0 Å². The summed E-state index contributed by atoms with van der Waals surface area (Å²) in [6, 6.07) is 7.40. The van der Waals surface area contributed by atoms with Crippen molar-refractivity contribution in [3.8, 4) is 11.3 Å². The third-order valence-corrected chi connectivity index (χ3v) is 4.16. The molecule has 1 fully saturated rings. The van der Waals surface area contributed by atoms with Crippen molar-refractivity contribution in [2.75, 3.05) is 11.9 Å². The van der Waals surface area contributed by atoms with Gasteiger partial charge >= 0.3 is 0 Å². The van der Waals surface area contributed by atoms with Crippen LogP contribution in [0.15, 0.2) is 47.2 Å². The second-order valence-corrected chi connectivity index (χ2v) is 6.13. The number of benzene rings is 1. The van der Waals surface area contributed by atoms with Gasteiger partial charge in [-0.05, 0) is 25.0 Å². The molecule has 1 aliphatic rings. The van der Waals surface area contributed by atoms with Crippen LogP contribution in [0, 0.1) is 5.82 Å². The molecule has 1 aromatic carbocycles. The molecule has 26 heavy (non-hydrogen) atoms. The molecule has 1 aliphatic heterocycles. The van der Waals surface area contributed by atoms with Gasteiger partial charge in [-0.2, -0.15) is 5.10 Å². The number of hydrogen-bond acceptors (Lipinski definition) is 5. The van der Waals surface area contributed by atoms with E-state index in [1.807, 2.05) is 0 Å². The van der Waals surface area contributed by atoms with Gasteiger partial charge in [-0.1, -0.05) is 17.3 Å². The van der Waals surface area contributed by atoms with E-state index < -0.39 is 5.91 Å². The zero-order valence-electron chi connectivity index (χ0n) is 13.9. The molecule has 1 atom stereocenters. The number of nitrogens with zero attached hydrogens (tertiary/aromatic N) is 3. The van der Waals surface area contributed by atoms with Crippen molar-refractivity contribution in [3.63, 3.8) is 0 Å². The van der Waals surface area contributed by atoms with E-state index in [9.17, 15) is 9.18 Å². The zero-order chi connectivity index (χ0) is 17.9. The van der Waals surface area contributed by atoms with Crippen molar-refractivity contribution < 1.29 is 18.4 Å². The van der Waals surface area contributed by atoms with Crippen molar-refractivity contribution in [1.82, 2.24) is 14.9 Å². The van der Waals surface area contributed by atoms with Crippen LogP contribution in [-0.2, 0) is 11.3 Å². The molecule has 2 aromatic heterocycles. The Morgan fingerprint density at radius 1 is 1.38 bits per heavy atom. The highest BCUT2D eigenvalue weighted by Gasteiger charge is 2.18. The highest BCUT2D eigenvalue weighted by molar-refractivity contribution is 6.02. The molecular formula is C18H17FN4O3. The van der Waals surface area contributed by atoms with Crippen LogP contribution >= 0.6 is 0 Å². The lowest BCUT2D eigenvalue weighted by Gasteiger charge is -2.08. The number of carbonyl (C=O) groups is 1. The first kappa shape index (κ1) is 16.5. The topological polar surface area (TPSA) is 82.2 Å². The van der Waals surface area contributed by atoms with Gasteiger partial charge < -0.3 is 14.6 Å². The summed E-state index contributed by atoms with van der Waals surface area (Å²) in [5, 5.41) is 10.8. The number of rotatable bonds is 5. The number of amides is 1. The fourth-order valence-corrected chi connectivity index (χ4v) is 2.88. The van der Waals surface area contributed by atoms with Crippen LogP contribution in [0.2, 0.25) is 0 Å². The Labute approximate surface area is 148 Å². The average Bonchev–Trinajstić information content (AvgIpc) is 3.37. The molecule has 134 valence electrons. The minimum atomic E-state index is -0.447. The summed E-state index contributed by atoms with van der Waals surface area (Å²) >= 11 is 0. The standard InChI is InChI=1S/C18H17FN4O3/c19-13-4-1-3-12(7-13)16-8-17(26-22-16)18(24)21-14-9-20-23(10-14)11-15-5-2-6-25-15/h1,3-4,7-10,15H,2,5-6,11H2,(H,21,24)/t15-/m1/s1. The number of carbonyl (C=O) groups excluding carboxylic acids is 1. The molecule has 4 rings (SSSR count). The molecule has 7 nitrogen and oxygen atoms in total. The smallest absolute Gasteiger partial charge is 0.294 e. The molecule has 3 aromatic rings. The fraction of sp³-hybridized carbons (Fsp3) is 0.278. The third-order valence-electron chi connectivity index (χ3n) is 4.16. The van der Waals surface area contributed by atoms with Gasteiger partial charge in [0, 0.05) is 24.4 Å². The van der Waals surface area contributed by atoms with E-state index in [2.05, 4.69) is 15.6 Å². The van der Waals surface area contributed by atoms with Crippen LogP contribution in [0.1, 0.15) is 23.4 Å². The van der Waals surface area contributed by atoms with E-state index in [0.717, 1.165) is 19.4 Å². The molecule has 1 saturated heterocycles. The maximum Gasteiger partial charge on any atom is 0.294 e. The first-order valence-electron chi connectivity index (χ1n) is 8.35. The van der Waals surface area contributed by atoms with Crippen molar-refractivity contribution in [1.29, 1.82) is 0 Å². The molecule has 0 saturated carbocycles. The van der Waals surface area contributed by atoms with E-state index >= 15 is 0 Å². The number of nitrogens with one attached hydrogen (secondary N) is 1. The first-order chi connectivity index (χ1) is 12.7. The number of anilines is 1. The highest BCUT2D eigenvalue weighted by Crippen LogP contribution is 2.21. The normalized spacial score (nSPS) is 16.7. The van der Waals surface area contributed by atoms with Gasteiger partial charge in [0.1, 0.15) is 11.5 Å². The number of aromatic nitrogens is 3. The Balaban J connectivity index is 1.41. The minimum Gasteiger partial charge on any atom is -0.376 e. The second kappa shape index (κ2) is 7.09. The van der Waals surface area contributed by atoms with Crippen molar-refractivity contribution >= 4 is 11.6 Å². The molecule has 3 heterocycles. The molecule has 0 unspecified atom stereocenters. The van der Waals surface area contributed by atoms with Gasteiger partial charge in [0.05, 0.1) is 24.5 Å². The van der Waals surface area contributed by atoms with Crippen LogP contribution in [0.4, 0.5) is 10.1 Å². The largest absolute Gasteiger partial charge is 0.376 e. The molecule has 0 radical (unpaired) electrons. The van der Waals surface area contributed by atoms with E-state index in [-0.39, 0.29) is 17.7 Å². The quantitative estimate of drug-likeness (QED) is 0.760. The summed E-state index contributed by atoms with van der Waals surface area (Å²) in [7, 11) is 0. The Bertz CT molecular complexity index is 915. The van der Waals surface area contributed by atoms with Crippen molar-refractivity contribution in [3.05, 3.63) is 54.3 Å². The Morgan fingerprint density at radius 3 is 3.12 bits per heavy atom. The maximum absolute atomic E-state index is 13.3. The lowest BCUT2D eigenvalue weighted by molar-refractivity contribution is 0.0940. The Hall–Kier alpha value is -3.00. The van der Waals surface area contributed by atoms with Gasteiger partial charge in [0.25, 0.3) is 5.91 Å². The predicted molar refractivity (Wildman–Crippen MR) is 91.1 cm³/mol. The zero-order valence-corrected chi connectivity index (χ0v) is 13.9. The number of hydrogen-bond donors (Lipinski definition) is 1. The van der Waals surface area contributed by atoms with Crippen LogP contribution < -0.4 is 5.32 Å². The summed E-state index contributed by atoms with van der Waals surface area (Å²) in [5.74, 6) is -0.789. The average molecular weight is 356 g/mol. The summed E-state index contributed by atoms with van der Waals surface area (Å²) in [6.07, 6.45) is 5.55. The predicted octanol–water partition coefficient (Wildman–Crippen LogP) is 3.11. The van der Waals surface area contributed by atoms with Gasteiger partial charge in [0.15, 0.2) is 0 Å². The molecule has 1 amide bonds. The van der Waals surface area contributed by atoms with E-state index in [1.165, 1.54) is 18.2 Å². The molecule has 0 bridgehead atoms. The van der Waals surface area contributed by atoms with Crippen LogP contribution in [0.25, 0.3) is 11.3 Å². The summed E-state index contributed by atoms with van der Waals surface area (Å²) in [5.41, 5.74) is 1.48. The number of halogens is 1. The van der Waals surface area contributed by atoms with Crippen molar-refractivity contribution in [2.45, 2.75) is 25.5 Å². The number of ether oxygens (including phenoxy) is 1. The molecule has 8 heteroatoms. The lowest BCUT2D eigenvalue weighted by Crippen LogP contribution is -2.15. The van der Waals surface area contributed by atoms with Gasteiger partial charge in [-0.15, -0.1) is 0 Å². The molecule has 0 spiro atoms. The monoisotopic (exact) mass is 356 g/mol. The second-order valence-electron chi connectivity index (χ2n) is 6.13. The summed E-state index contributed by atoms with van der Waals surface area (Å²) in [6.45, 7) is 1.44. The Kier molecular flexibility index (Phi) is 4.49. The molecule has 1 N–H and O–H groups in total. The van der Waals surface area contributed by atoms with Gasteiger partial charge in [-0.3, -0.25) is 9.48 Å². The lowest BCUT2D eigenvalue weighted by atomic mass is 10.1. The first-order valence-corrected chi connectivity index (χ1v) is 8.35. The maximum atomic E-state index is 13.3. The third kappa shape index (κ3) is 3.65. The van der Waals surface area contributed by atoms with E-state index in [4.69, 9.17) is 9.26 Å². The summed E-state index contributed by atoms with van der Waals surface area (Å²) in [4.78, 5) is 12.3. The highest BCUT2D eigenvalue weighted by atomic mass is 19.1.